The standard InChI is InChI=1S/C17H28N4O2/c1-2-3-10-21(13-14-22)17(23)19-15-7-11-20(12-8-15)16-6-4-5-9-18-16/h4-6,9,15,22H,2-3,7-8,10-14H2,1H3,(H,19,23). The second kappa shape index (κ2) is 9.35. The van der Waals surface area contributed by atoms with Crippen LogP contribution in [0.25, 0.3) is 0 Å². The van der Waals surface area contributed by atoms with Gasteiger partial charge in [0.05, 0.1) is 6.61 Å². The maximum atomic E-state index is 12.3. The lowest BCUT2D eigenvalue weighted by atomic mass is 10.1. The van der Waals surface area contributed by atoms with Crippen molar-refractivity contribution in [1.29, 1.82) is 0 Å². The Morgan fingerprint density at radius 3 is 2.78 bits per heavy atom. The Hall–Kier alpha value is -1.82. The van der Waals surface area contributed by atoms with Crippen LogP contribution < -0.4 is 10.2 Å². The predicted molar refractivity (Wildman–Crippen MR) is 91.6 cm³/mol. The molecule has 6 heteroatoms. The van der Waals surface area contributed by atoms with Gasteiger partial charge in [-0.1, -0.05) is 19.4 Å². The van der Waals surface area contributed by atoms with Gasteiger partial charge in [0.1, 0.15) is 5.82 Å². The van der Waals surface area contributed by atoms with Crippen LogP contribution in [0.3, 0.4) is 0 Å². The fourth-order valence-electron chi connectivity index (χ4n) is 2.84. The van der Waals surface area contributed by atoms with Gasteiger partial charge in [0.2, 0.25) is 0 Å². The number of aliphatic hydroxyl groups excluding tert-OH is 1. The number of urea groups is 1. The summed E-state index contributed by atoms with van der Waals surface area (Å²) in [6.07, 6.45) is 5.65. The molecule has 2 N–H and O–H groups in total. The van der Waals surface area contributed by atoms with Crippen molar-refractivity contribution in [2.45, 2.75) is 38.6 Å². The SMILES string of the molecule is CCCCN(CCO)C(=O)NC1CCN(c2ccccn2)CC1. The minimum absolute atomic E-state index is 0.00918. The van der Waals surface area contributed by atoms with E-state index in [-0.39, 0.29) is 18.7 Å². The number of pyridine rings is 1. The van der Waals surface area contributed by atoms with Crippen LogP contribution in [-0.4, -0.2) is 59.8 Å². The van der Waals surface area contributed by atoms with E-state index in [0.717, 1.165) is 44.6 Å². The molecule has 1 aromatic rings. The summed E-state index contributed by atoms with van der Waals surface area (Å²) in [5.74, 6) is 1.00. The zero-order valence-corrected chi connectivity index (χ0v) is 13.9. The first kappa shape index (κ1) is 17.5. The van der Waals surface area contributed by atoms with Crippen molar-refractivity contribution in [2.75, 3.05) is 37.7 Å². The van der Waals surface area contributed by atoms with Crippen LogP contribution in [0.4, 0.5) is 10.6 Å². The average molecular weight is 320 g/mol. The van der Waals surface area contributed by atoms with Gasteiger partial charge in [-0.25, -0.2) is 9.78 Å². The topological polar surface area (TPSA) is 68.7 Å². The van der Waals surface area contributed by atoms with Gasteiger partial charge in [-0.2, -0.15) is 0 Å². The molecule has 6 nitrogen and oxygen atoms in total. The molecule has 0 atom stereocenters. The highest BCUT2D eigenvalue weighted by atomic mass is 16.3. The first-order chi connectivity index (χ1) is 11.2. The number of rotatable bonds is 7. The number of nitrogens with one attached hydrogen (secondary N) is 1. The van der Waals surface area contributed by atoms with E-state index in [1.807, 2.05) is 24.4 Å². The van der Waals surface area contributed by atoms with E-state index < -0.39 is 0 Å². The quantitative estimate of drug-likeness (QED) is 0.804. The summed E-state index contributed by atoms with van der Waals surface area (Å²) in [7, 11) is 0. The Labute approximate surface area is 138 Å². The molecule has 1 fully saturated rings. The molecule has 1 aliphatic heterocycles. The lowest BCUT2D eigenvalue weighted by molar-refractivity contribution is 0.171. The lowest BCUT2D eigenvalue weighted by Crippen LogP contribution is -2.50. The second-order valence-corrected chi connectivity index (χ2v) is 5.96. The van der Waals surface area contributed by atoms with Gasteiger partial charge in [0, 0.05) is 38.4 Å². The van der Waals surface area contributed by atoms with Crippen LogP contribution in [0.15, 0.2) is 24.4 Å². The Bertz CT molecular complexity index is 461. The van der Waals surface area contributed by atoms with E-state index in [0.29, 0.717) is 13.1 Å². The smallest absolute Gasteiger partial charge is 0.317 e. The van der Waals surface area contributed by atoms with Gasteiger partial charge in [0.15, 0.2) is 0 Å². The molecule has 1 aliphatic rings. The maximum Gasteiger partial charge on any atom is 0.317 e. The van der Waals surface area contributed by atoms with Crippen LogP contribution in [0, 0.1) is 0 Å². The summed E-state index contributed by atoms with van der Waals surface area (Å²) in [6.45, 7) is 5.01. The molecule has 0 bridgehead atoms. The van der Waals surface area contributed by atoms with Gasteiger partial charge in [0.25, 0.3) is 0 Å². The fraction of sp³-hybridized carbons (Fsp3) is 0.647. The number of nitrogens with zero attached hydrogens (tertiary/aromatic N) is 3. The average Bonchev–Trinajstić information content (AvgIpc) is 2.60. The summed E-state index contributed by atoms with van der Waals surface area (Å²) in [5, 5.41) is 12.2. The zero-order valence-electron chi connectivity index (χ0n) is 13.9. The van der Waals surface area contributed by atoms with Crippen molar-refractivity contribution in [1.82, 2.24) is 15.2 Å². The molecule has 0 unspecified atom stereocenters. The van der Waals surface area contributed by atoms with E-state index >= 15 is 0 Å². The monoisotopic (exact) mass is 320 g/mol. The maximum absolute atomic E-state index is 12.3. The lowest BCUT2D eigenvalue weighted by Gasteiger charge is -2.34. The van der Waals surface area contributed by atoms with Crippen molar-refractivity contribution >= 4 is 11.8 Å². The number of unbranched alkanes of at least 4 members (excludes halogenated alkanes) is 1. The fourth-order valence-corrected chi connectivity index (χ4v) is 2.84. The van der Waals surface area contributed by atoms with Crippen LogP contribution in [0.5, 0.6) is 0 Å². The molecule has 2 amide bonds. The van der Waals surface area contributed by atoms with Crippen molar-refractivity contribution < 1.29 is 9.90 Å². The normalized spacial score (nSPS) is 15.5. The number of carbonyl (C=O) groups excluding carboxylic acids is 1. The van der Waals surface area contributed by atoms with Gasteiger partial charge in [-0.3, -0.25) is 0 Å². The molecule has 128 valence electrons. The van der Waals surface area contributed by atoms with Crippen LogP contribution in [0.1, 0.15) is 32.6 Å². The second-order valence-electron chi connectivity index (χ2n) is 5.96. The molecule has 2 heterocycles. The molecule has 1 aromatic heterocycles. The molecule has 0 aliphatic carbocycles. The van der Waals surface area contributed by atoms with Crippen LogP contribution in [-0.2, 0) is 0 Å². The number of carbonyl (C=O) groups is 1. The number of aromatic nitrogens is 1. The number of piperidine rings is 1. The highest BCUT2D eigenvalue weighted by Gasteiger charge is 2.23. The number of hydrogen-bond donors (Lipinski definition) is 2. The van der Waals surface area contributed by atoms with Gasteiger partial charge in [-0.15, -0.1) is 0 Å². The van der Waals surface area contributed by atoms with E-state index in [9.17, 15) is 4.79 Å². The molecule has 0 radical (unpaired) electrons. The molecule has 0 saturated carbocycles. The highest BCUT2D eigenvalue weighted by Crippen LogP contribution is 2.17. The molecule has 0 aromatic carbocycles. The Balaban J connectivity index is 1.79. The predicted octanol–water partition coefficient (Wildman–Crippen LogP) is 1.85. The van der Waals surface area contributed by atoms with Crippen LogP contribution in [0.2, 0.25) is 0 Å². The van der Waals surface area contributed by atoms with Crippen molar-refractivity contribution in [3.05, 3.63) is 24.4 Å². The molecule has 23 heavy (non-hydrogen) atoms. The van der Waals surface area contributed by atoms with E-state index in [2.05, 4.69) is 22.1 Å². The largest absolute Gasteiger partial charge is 0.395 e. The zero-order chi connectivity index (χ0) is 16.5. The molecule has 0 spiro atoms. The molecule has 2 rings (SSSR count). The summed E-state index contributed by atoms with van der Waals surface area (Å²) < 4.78 is 0. The highest BCUT2D eigenvalue weighted by molar-refractivity contribution is 5.74. The minimum Gasteiger partial charge on any atom is -0.395 e. The number of aliphatic hydroxyl groups is 1. The van der Waals surface area contributed by atoms with Gasteiger partial charge in [-0.05, 0) is 31.4 Å². The van der Waals surface area contributed by atoms with E-state index in [1.54, 1.807) is 4.90 Å². The van der Waals surface area contributed by atoms with E-state index in [4.69, 9.17) is 5.11 Å². The first-order valence-corrected chi connectivity index (χ1v) is 8.57. The van der Waals surface area contributed by atoms with Gasteiger partial charge < -0.3 is 20.2 Å². The van der Waals surface area contributed by atoms with Crippen LogP contribution >= 0.6 is 0 Å². The molecule has 1 saturated heterocycles. The van der Waals surface area contributed by atoms with Crippen molar-refractivity contribution in [3.8, 4) is 0 Å². The third-order valence-corrected chi connectivity index (χ3v) is 4.23. The number of anilines is 1. The Morgan fingerprint density at radius 2 is 2.17 bits per heavy atom. The third kappa shape index (κ3) is 5.39. The first-order valence-electron chi connectivity index (χ1n) is 8.57. The number of amides is 2. The third-order valence-electron chi connectivity index (χ3n) is 4.23. The number of hydrogen-bond acceptors (Lipinski definition) is 4. The summed E-state index contributed by atoms with van der Waals surface area (Å²) >= 11 is 0. The summed E-state index contributed by atoms with van der Waals surface area (Å²) in [4.78, 5) is 20.7. The Kier molecular flexibility index (Phi) is 7.13. The Morgan fingerprint density at radius 1 is 1.39 bits per heavy atom. The van der Waals surface area contributed by atoms with Crippen molar-refractivity contribution in [3.63, 3.8) is 0 Å². The molecular weight excluding hydrogens is 292 g/mol. The minimum atomic E-state index is -0.0520. The summed E-state index contributed by atoms with van der Waals surface area (Å²) in [5.41, 5.74) is 0. The summed E-state index contributed by atoms with van der Waals surface area (Å²) in [6, 6.07) is 6.08. The van der Waals surface area contributed by atoms with E-state index in [1.165, 1.54) is 0 Å². The van der Waals surface area contributed by atoms with Gasteiger partial charge >= 0.3 is 6.03 Å². The molecular formula is C17H28N4O2. The van der Waals surface area contributed by atoms with Crippen molar-refractivity contribution in [2.24, 2.45) is 0 Å².